The molecular formula is C14H13ClFNO2S. The Labute approximate surface area is 122 Å². The molecule has 0 aromatic heterocycles. The Hall–Kier alpha value is -1.59. The van der Waals surface area contributed by atoms with Crippen molar-refractivity contribution in [3.8, 4) is 0 Å². The summed E-state index contributed by atoms with van der Waals surface area (Å²) in [5, 5.41) is 0. The van der Waals surface area contributed by atoms with Gasteiger partial charge in [-0.1, -0.05) is 24.3 Å². The van der Waals surface area contributed by atoms with Crippen LogP contribution in [0.1, 0.15) is 5.56 Å². The summed E-state index contributed by atoms with van der Waals surface area (Å²) in [5.41, 5.74) is 0.693. The summed E-state index contributed by atoms with van der Waals surface area (Å²) in [6.07, 6.45) is 0. The van der Waals surface area contributed by atoms with Gasteiger partial charge in [0, 0.05) is 12.9 Å². The zero-order valence-electron chi connectivity index (χ0n) is 10.8. The van der Waals surface area contributed by atoms with E-state index < -0.39 is 15.8 Å². The molecule has 2 aromatic carbocycles. The van der Waals surface area contributed by atoms with E-state index in [1.807, 2.05) is 0 Å². The third-order valence-electron chi connectivity index (χ3n) is 2.90. The van der Waals surface area contributed by atoms with Gasteiger partial charge in [-0.3, -0.25) is 4.31 Å². The van der Waals surface area contributed by atoms with Crippen molar-refractivity contribution in [3.05, 3.63) is 59.9 Å². The number of anilines is 1. The largest absolute Gasteiger partial charge is 0.266 e. The van der Waals surface area contributed by atoms with Gasteiger partial charge in [0.15, 0.2) is 0 Å². The lowest BCUT2D eigenvalue weighted by Crippen LogP contribution is -2.27. The predicted molar refractivity (Wildman–Crippen MR) is 78.0 cm³/mol. The highest BCUT2D eigenvalue weighted by molar-refractivity contribution is 7.92. The average Bonchev–Trinajstić information content (AvgIpc) is 2.47. The van der Waals surface area contributed by atoms with Gasteiger partial charge in [-0.25, -0.2) is 12.8 Å². The van der Waals surface area contributed by atoms with Crippen LogP contribution in [0.3, 0.4) is 0 Å². The predicted octanol–water partition coefficient (Wildman–Crippen LogP) is 3.39. The van der Waals surface area contributed by atoms with Gasteiger partial charge in [0.1, 0.15) is 5.82 Å². The molecule has 106 valence electrons. The van der Waals surface area contributed by atoms with Crippen LogP contribution in [-0.2, 0) is 15.9 Å². The Balaban J connectivity index is 2.47. The summed E-state index contributed by atoms with van der Waals surface area (Å²) in [6.45, 7) is 0. The summed E-state index contributed by atoms with van der Waals surface area (Å²) in [5.74, 6) is -0.376. The number of halogens is 2. The van der Waals surface area contributed by atoms with E-state index >= 15 is 0 Å². The van der Waals surface area contributed by atoms with Crippen LogP contribution in [0.25, 0.3) is 0 Å². The third-order valence-corrected chi connectivity index (χ3v) is 4.98. The van der Waals surface area contributed by atoms with E-state index in [0.29, 0.717) is 5.56 Å². The number of hydrogen-bond donors (Lipinski definition) is 0. The quantitative estimate of drug-likeness (QED) is 0.811. The van der Waals surface area contributed by atoms with Crippen molar-refractivity contribution in [3.63, 3.8) is 0 Å². The highest BCUT2D eigenvalue weighted by Gasteiger charge is 2.23. The van der Waals surface area contributed by atoms with E-state index in [2.05, 4.69) is 0 Å². The lowest BCUT2D eigenvalue weighted by molar-refractivity contribution is 0.589. The lowest BCUT2D eigenvalue weighted by Gasteiger charge is -2.20. The number of para-hydroxylation sites is 1. The van der Waals surface area contributed by atoms with Gasteiger partial charge in [0.05, 0.1) is 10.6 Å². The molecule has 6 heteroatoms. The van der Waals surface area contributed by atoms with Crippen molar-refractivity contribution in [1.82, 2.24) is 0 Å². The van der Waals surface area contributed by atoms with Crippen molar-refractivity contribution in [2.45, 2.75) is 10.8 Å². The first kappa shape index (κ1) is 14.8. The maximum atomic E-state index is 13.7. The van der Waals surface area contributed by atoms with Gasteiger partial charge < -0.3 is 0 Å². The number of nitrogens with zero attached hydrogens (tertiary/aromatic N) is 1. The van der Waals surface area contributed by atoms with Gasteiger partial charge in [-0.05, 0) is 29.8 Å². The van der Waals surface area contributed by atoms with Gasteiger partial charge in [-0.15, -0.1) is 11.6 Å². The molecule has 0 amide bonds. The van der Waals surface area contributed by atoms with Gasteiger partial charge >= 0.3 is 0 Å². The van der Waals surface area contributed by atoms with Crippen LogP contribution < -0.4 is 4.31 Å². The molecule has 2 rings (SSSR count). The molecule has 0 heterocycles. The van der Waals surface area contributed by atoms with Gasteiger partial charge in [0.2, 0.25) is 0 Å². The van der Waals surface area contributed by atoms with E-state index in [1.54, 1.807) is 18.2 Å². The molecule has 0 fully saturated rings. The zero-order valence-corrected chi connectivity index (χ0v) is 12.3. The smallest absolute Gasteiger partial charge is 0.264 e. The molecule has 0 saturated carbocycles. The Kier molecular flexibility index (Phi) is 4.30. The number of rotatable bonds is 4. The van der Waals surface area contributed by atoms with Crippen molar-refractivity contribution >= 4 is 27.3 Å². The highest BCUT2D eigenvalue weighted by Crippen LogP contribution is 2.25. The van der Waals surface area contributed by atoms with Crippen molar-refractivity contribution in [1.29, 1.82) is 0 Å². The fourth-order valence-electron chi connectivity index (χ4n) is 1.78. The molecular weight excluding hydrogens is 301 g/mol. The van der Waals surface area contributed by atoms with Crippen LogP contribution in [0.2, 0.25) is 0 Å². The number of alkyl halides is 1. The fraction of sp³-hybridized carbons (Fsp3) is 0.143. The summed E-state index contributed by atoms with van der Waals surface area (Å²) >= 11 is 5.70. The molecule has 0 aliphatic rings. The average molecular weight is 314 g/mol. The molecule has 0 radical (unpaired) electrons. The lowest BCUT2D eigenvalue weighted by atomic mass is 10.2. The molecule has 2 aromatic rings. The van der Waals surface area contributed by atoms with Crippen molar-refractivity contribution < 1.29 is 12.8 Å². The second-order valence-corrected chi connectivity index (χ2v) is 6.44. The standard InChI is InChI=1S/C14H13ClFNO2S/c1-17(14-8-3-2-7-13(14)16)20(18,19)12-6-4-5-11(9-12)10-15/h2-9H,10H2,1H3. The monoisotopic (exact) mass is 313 g/mol. The minimum Gasteiger partial charge on any atom is -0.266 e. The zero-order chi connectivity index (χ0) is 14.8. The van der Waals surface area contributed by atoms with E-state index in [1.165, 1.54) is 37.4 Å². The number of hydrogen-bond acceptors (Lipinski definition) is 2. The molecule has 0 aliphatic carbocycles. The molecule has 0 unspecified atom stereocenters. The first-order chi connectivity index (χ1) is 9.46. The van der Waals surface area contributed by atoms with Crippen LogP contribution >= 0.6 is 11.6 Å². The Morgan fingerprint density at radius 3 is 2.50 bits per heavy atom. The van der Waals surface area contributed by atoms with Crippen LogP contribution in [-0.4, -0.2) is 15.5 Å². The van der Waals surface area contributed by atoms with Crippen LogP contribution in [0.15, 0.2) is 53.4 Å². The first-order valence-corrected chi connectivity index (χ1v) is 7.82. The Morgan fingerprint density at radius 1 is 1.15 bits per heavy atom. The minimum atomic E-state index is -3.81. The van der Waals surface area contributed by atoms with Crippen LogP contribution in [0, 0.1) is 5.82 Å². The second kappa shape index (κ2) is 5.81. The maximum Gasteiger partial charge on any atom is 0.264 e. The summed E-state index contributed by atoms with van der Waals surface area (Å²) in [4.78, 5) is 0.0846. The van der Waals surface area contributed by atoms with Crippen LogP contribution in [0.4, 0.5) is 10.1 Å². The van der Waals surface area contributed by atoms with E-state index in [0.717, 1.165) is 4.31 Å². The van der Waals surface area contributed by atoms with E-state index in [9.17, 15) is 12.8 Å². The molecule has 0 bridgehead atoms. The van der Waals surface area contributed by atoms with E-state index in [4.69, 9.17) is 11.6 Å². The summed E-state index contributed by atoms with van der Waals surface area (Å²) < 4.78 is 39.6. The molecule has 3 nitrogen and oxygen atoms in total. The SMILES string of the molecule is CN(c1ccccc1F)S(=O)(=O)c1cccc(CCl)c1. The molecule has 20 heavy (non-hydrogen) atoms. The molecule has 0 saturated heterocycles. The maximum absolute atomic E-state index is 13.7. The highest BCUT2D eigenvalue weighted by atomic mass is 35.5. The molecule has 0 aliphatic heterocycles. The molecule has 0 N–H and O–H groups in total. The van der Waals surface area contributed by atoms with Gasteiger partial charge in [-0.2, -0.15) is 0 Å². The van der Waals surface area contributed by atoms with Crippen molar-refractivity contribution in [2.24, 2.45) is 0 Å². The second-order valence-electron chi connectivity index (χ2n) is 4.20. The number of sulfonamides is 1. The normalized spacial score (nSPS) is 11.3. The topological polar surface area (TPSA) is 37.4 Å². The Morgan fingerprint density at radius 2 is 1.85 bits per heavy atom. The van der Waals surface area contributed by atoms with Gasteiger partial charge in [0.25, 0.3) is 10.0 Å². The minimum absolute atomic E-state index is 0.00350. The molecule has 0 spiro atoms. The summed E-state index contributed by atoms with van der Waals surface area (Å²) in [7, 11) is -2.49. The third kappa shape index (κ3) is 2.78. The van der Waals surface area contributed by atoms with Crippen LogP contribution in [0.5, 0.6) is 0 Å². The Bertz CT molecular complexity index is 719. The fourth-order valence-corrected chi connectivity index (χ4v) is 3.22. The number of benzene rings is 2. The molecule has 0 atom stereocenters. The van der Waals surface area contributed by atoms with E-state index in [-0.39, 0.29) is 16.5 Å². The first-order valence-electron chi connectivity index (χ1n) is 5.85. The van der Waals surface area contributed by atoms with Crippen molar-refractivity contribution in [2.75, 3.05) is 11.4 Å². The summed E-state index contributed by atoms with van der Waals surface area (Å²) in [6, 6.07) is 12.0.